The summed E-state index contributed by atoms with van der Waals surface area (Å²) in [5.41, 5.74) is 0.442. The summed E-state index contributed by atoms with van der Waals surface area (Å²) in [5.74, 6) is 0.0621. The Morgan fingerprint density at radius 2 is 2.17 bits per heavy atom. The summed E-state index contributed by atoms with van der Waals surface area (Å²) >= 11 is 0. The van der Waals surface area contributed by atoms with Gasteiger partial charge in [0, 0.05) is 25.6 Å². The molecule has 1 atom stereocenters. The standard InChI is InChI=1S/C16H25N3O4S/c1-4-19-9-5-6-13(19)11-17-24(21,22)14-7-8-15(18-12(2)20)16(10-14)23-3/h7-8,10,13,17H,4-6,9,11H2,1-3H3,(H,18,20). The zero-order chi connectivity index (χ0) is 17.7. The number of carbonyl (C=O) groups is 1. The third-order valence-electron chi connectivity index (χ3n) is 4.21. The second-order valence-electron chi connectivity index (χ2n) is 5.82. The molecule has 2 rings (SSSR count). The van der Waals surface area contributed by atoms with E-state index in [1.807, 2.05) is 0 Å². The van der Waals surface area contributed by atoms with E-state index in [4.69, 9.17) is 4.74 Å². The number of amides is 1. The van der Waals surface area contributed by atoms with Gasteiger partial charge in [0.15, 0.2) is 0 Å². The van der Waals surface area contributed by atoms with E-state index in [1.54, 1.807) is 0 Å². The molecule has 1 saturated heterocycles. The molecule has 8 heteroatoms. The Labute approximate surface area is 143 Å². The van der Waals surface area contributed by atoms with Crippen LogP contribution in [0.2, 0.25) is 0 Å². The SMILES string of the molecule is CCN1CCCC1CNS(=O)(=O)c1ccc(NC(C)=O)c(OC)c1. The molecule has 1 amide bonds. The fourth-order valence-corrected chi connectivity index (χ4v) is 4.05. The van der Waals surface area contributed by atoms with Crippen molar-refractivity contribution in [2.75, 3.05) is 32.1 Å². The van der Waals surface area contributed by atoms with E-state index in [1.165, 1.54) is 32.2 Å². The van der Waals surface area contributed by atoms with Crippen LogP contribution in [0.5, 0.6) is 5.75 Å². The van der Waals surface area contributed by atoms with Crippen molar-refractivity contribution < 1.29 is 17.9 Å². The van der Waals surface area contributed by atoms with Crippen LogP contribution in [0.15, 0.2) is 23.1 Å². The molecule has 24 heavy (non-hydrogen) atoms. The number of methoxy groups -OCH3 is 1. The first-order valence-electron chi connectivity index (χ1n) is 8.06. The quantitative estimate of drug-likeness (QED) is 0.772. The zero-order valence-electron chi connectivity index (χ0n) is 14.3. The van der Waals surface area contributed by atoms with Crippen LogP contribution in [0.25, 0.3) is 0 Å². The number of hydrogen-bond acceptors (Lipinski definition) is 5. The first kappa shape index (κ1) is 18.7. The number of sulfonamides is 1. The Hall–Kier alpha value is -1.64. The van der Waals surface area contributed by atoms with Gasteiger partial charge in [-0.2, -0.15) is 0 Å². The number of benzene rings is 1. The van der Waals surface area contributed by atoms with E-state index in [-0.39, 0.29) is 16.8 Å². The van der Waals surface area contributed by atoms with Crippen LogP contribution in [-0.2, 0) is 14.8 Å². The van der Waals surface area contributed by atoms with Gasteiger partial charge >= 0.3 is 0 Å². The molecule has 0 aromatic heterocycles. The molecule has 0 aliphatic carbocycles. The average molecular weight is 355 g/mol. The lowest BCUT2D eigenvalue weighted by Crippen LogP contribution is -2.39. The van der Waals surface area contributed by atoms with Gasteiger partial charge in [0.25, 0.3) is 0 Å². The van der Waals surface area contributed by atoms with Gasteiger partial charge in [0.1, 0.15) is 5.75 Å². The number of nitrogens with one attached hydrogen (secondary N) is 2. The fraction of sp³-hybridized carbons (Fsp3) is 0.562. The van der Waals surface area contributed by atoms with E-state index in [9.17, 15) is 13.2 Å². The van der Waals surface area contributed by atoms with Crippen molar-refractivity contribution in [2.45, 2.75) is 37.6 Å². The van der Waals surface area contributed by atoms with Gasteiger partial charge in [-0.3, -0.25) is 9.69 Å². The molecule has 7 nitrogen and oxygen atoms in total. The molecule has 1 unspecified atom stereocenters. The number of ether oxygens (including phenoxy) is 1. The number of carbonyl (C=O) groups excluding carboxylic acids is 1. The van der Waals surface area contributed by atoms with Crippen LogP contribution < -0.4 is 14.8 Å². The highest BCUT2D eigenvalue weighted by Gasteiger charge is 2.25. The molecule has 2 N–H and O–H groups in total. The molecule has 1 fully saturated rings. The maximum atomic E-state index is 12.5. The largest absolute Gasteiger partial charge is 0.495 e. The van der Waals surface area contributed by atoms with Crippen molar-refractivity contribution in [3.8, 4) is 5.75 Å². The normalized spacial score (nSPS) is 18.5. The Balaban J connectivity index is 2.12. The van der Waals surface area contributed by atoms with Crippen molar-refractivity contribution in [1.29, 1.82) is 0 Å². The van der Waals surface area contributed by atoms with E-state index in [0.717, 1.165) is 25.9 Å². The first-order chi connectivity index (χ1) is 11.4. The van der Waals surface area contributed by atoms with Gasteiger partial charge in [0.05, 0.1) is 17.7 Å². The summed E-state index contributed by atoms with van der Waals surface area (Å²) in [5, 5.41) is 2.61. The molecule has 1 aliphatic heterocycles. The fourth-order valence-electron chi connectivity index (χ4n) is 2.96. The lowest BCUT2D eigenvalue weighted by molar-refractivity contribution is -0.114. The summed E-state index contributed by atoms with van der Waals surface area (Å²) in [6.45, 7) is 5.80. The molecule has 134 valence electrons. The van der Waals surface area contributed by atoms with Crippen LogP contribution in [0.3, 0.4) is 0 Å². The number of rotatable bonds is 7. The molecular weight excluding hydrogens is 330 g/mol. The molecule has 0 bridgehead atoms. The molecule has 1 aromatic rings. The topological polar surface area (TPSA) is 87.7 Å². The monoisotopic (exact) mass is 355 g/mol. The minimum atomic E-state index is -3.63. The van der Waals surface area contributed by atoms with E-state index in [0.29, 0.717) is 18.0 Å². The average Bonchev–Trinajstić information content (AvgIpc) is 3.00. The number of hydrogen-bond donors (Lipinski definition) is 2. The van der Waals surface area contributed by atoms with Gasteiger partial charge in [0.2, 0.25) is 15.9 Å². The third-order valence-corrected chi connectivity index (χ3v) is 5.63. The maximum absolute atomic E-state index is 12.5. The Kier molecular flexibility index (Phi) is 6.20. The maximum Gasteiger partial charge on any atom is 0.240 e. The van der Waals surface area contributed by atoms with Crippen LogP contribution >= 0.6 is 0 Å². The van der Waals surface area contributed by atoms with Crippen LogP contribution in [0, 0.1) is 0 Å². The smallest absolute Gasteiger partial charge is 0.240 e. The van der Waals surface area contributed by atoms with Gasteiger partial charge in [-0.05, 0) is 38.1 Å². The predicted octanol–water partition coefficient (Wildman–Crippen LogP) is 1.42. The molecule has 0 spiro atoms. The number of likely N-dealkylation sites (N-methyl/N-ethyl adjacent to an activating group) is 1. The van der Waals surface area contributed by atoms with Crippen molar-refractivity contribution in [2.24, 2.45) is 0 Å². The Morgan fingerprint density at radius 3 is 2.79 bits per heavy atom. The molecule has 1 heterocycles. The van der Waals surface area contributed by atoms with Gasteiger partial charge < -0.3 is 10.1 Å². The van der Waals surface area contributed by atoms with Crippen LogP contribution in [0.4, 0.5) is 5.69 Å². The van der Waals surface area contributed by atoms with Crippen LogP contribution in [-0.4, -0.2) is 52.0 Å². The zero-order valence-corrected chi connectivity index (χ0v) is 15.1. The van der Waals surface area contributed by atoms with Gasteiger partial charge in [-0.25, -0.2) is 13.1 Å². The predicted molar refractivity (Wildman–Crippen MR) is 92.8 cm³/mol. The molecule has 1 aromatic carbocycles. The molecule has 0 radical (unpaired) electrons. The summed E-state index contributed by atoms with van der Waals surface area (Å²) in [6.07, 6.45) is 2.10. The van der Waals surface area contributed by atoms with Crippen molar-refractivity contribution >= 4 is 21.6 Å². The summed E-state index contributed by atoms with van der Waals surface area (Å²) in [7, 11) is -2.19. The number of anilines is 1. The number of likely N-dealkylation sites (tertiary alicyclic amines) is 1. The van der Waals surface area contributed by atoms with Crippen molar-refractivity contribution in [3.63, 3.8) is 0 Å². The second-order valence-corrected chi connectivity index (χ2v) is 7.59. The minimum Gasteiger partial charge on any atom is -0.495 e. The summed E-state index contributed by atoms with van der Waals surface area (Å²) in [6, 6.07) is 4.65. The highest BCUT2D eigenvalue weighted by Crippen LogP contribution is 2.27. The Bertz CT molecular complexity index is 691. The summed E-state index contributed by atoms with van der Waals surface area (Å²) in [4.78, 5) is 13.6. The lowest BCUT2D eigenvalue weighted by Gasteiger charge is -2.23. The van der Waals surface area contributed by atoms with E-state index in [2.05, 4.69) is 21.9 Å². The number of nitrogens with zero attached hydrogens (tertiary/aromatic N) is 1. The molecular formula is C16H25N3O4S. The highest BCUT2D eigenvalue weighted by atomic mass is 32.2. The first-order valence-corrected chi connectivity index (χ1v) is 9.55. The third kappa shape index (κ3) is 4.46. The Morgan fingerprint density at radius 1 is 1.42 bits per heavy atom. The molecule has 0 saturated carbocycles. The van der Waals surface area contributed by atoms with Crippen molar-refractivity contribution in [3.05, 3.63) is 18.2 Å². The van der Waals surface area contributed by atoms with Crippen LogP contribution in [0.1, 0.15) is 26.7 Å². The second kappa shape index (κ2) is 7.96. The van der Waals surface area contributed by atoms with Gasteiger partial charge in [-0.1, -0.05) is 6.92 Å². The highest BCUT2D eigenvalue weighted by molar-refractivity contribution is 7.89. The molecule has 1 aliphatic rings. The van der Waals surface area contributed by atoms with Crippen molar-refractivity contribution in [1.82, 2.24) is 9.62 Å². The van der Waals surface area contributed by atoms with Gasteiger partial charge in [-0.15, -0.1) is 0 Å². The van der Waals surface area contributed by atoms with E-state index >= 15 is 0 Å². The lowest BCUT2D eigenvalue weighted by atomic mass is 10.2. The summed E-state index contributed by atoms with van der Waals surface area (Å²) < 4.78 is 32.9. The van der Waals surface area contributed by atoms with E-state index < -0.39 is 10.0 Å². The minimum absolute atomic E-state index is 0.120.